The normalized spacial score (nSPS) is 10.9. The Morgan fingerprint density at radius 2 is 2.29 bits per heavy atom. The molecule has 0 saturated heterocycles. The topological polar surface area (TPSA) is 28.7 Å². The molecule has 0 amide bonds. The largest absolute Gasteiger partial charge is 0.276 e. The molecule has 2 rings (SSSR count). The van der Waals surface area contributed by atoms with E-state index in [-0.39, 0.29) is 0 Å². The third-order valence-electron chi connectivity index (χ3n) is 2.59. The molecular weight excluding hydrogens is 248 g/mol. The summed E-state index contributed by atoms with van der Waals surface area (Å²) in [5.74, 6) is 1.18. The van der Waals surface area contributed by atoms with E-state index in [0.29, 0.717) is 0 Å². The summed E-state index contributed by atoms with van der Waals surface area (Å²) in [5.41, 5.74) is 1.14. The van der Waals surface area contributed by atoms with Crippen LogP contribution in [0, 0.1) is 0 Å². The number of aromatic nitrogens is 2. The number of nitrogens with zero attached hydrogens (tertiary/aromatic N) is 1. The van der Waals surface area contributed by atoms with Crippen LogP contribution in [0.5, 0.6) is 0 Å². The van der Waals surface area contributed by atoms with Crippen LogP contribution in [0.15, 0.2) is 28.6 Å². The molecule has 0 aromatic carbocycles. The van der Waals surface area contributed by atoms with E-state index in [9.17, 15) is 0 Å². The highest BCUT2D eigenvalue weighted by Crippen LogP contribution is 2.26. The molecule has 0 spiro atoms. The second-order valence-corrected chi connectivity index (χ2v) is 6.07. The molecule has 2 nitrogen and oxygen atoms in total. The lowest BCUT2D eigenvalue weighted by Gasteiger charge is -1.96. The quantitative estimate of drug-likeness (QED) is 0.575. The molecule has 0 bridgehead atoms. The van der Waals surface area contributed by atoms with Gasteiger partial charge in [-0.25, -0.2) is 0 Å². The fraction of sp³-hybridized carbons (Fsp3) is 0.462. The first-order valence-corrected chi connectivity index (χ1v) is 7.98. The van der Waals surface area contributed by atoms with Gasteiger partial charge in [-0.05, 0) is 29.7 Å². The van der Waals surface area contributed by atoms with Gasteiger partial charge in [0.2, 0.25) is 0 Å². The first-order valence-electron chi connectivity index (χ1n) is 6.12. The zero-order valence-electron chi connectivity index (χ0n) is 10.1. The van der Waals surface area contributed by atoms with Gasteiger partial charge in [0.25, 0.3) is 0 Å². The molecule has 0 radical (unpaired) electrons. The number of rotatable bonds is 7. The van der Waals surface area contributed by atoms with E-state index in [2.05, 4.69) is 40.7 Å². The molecule has 2 aromatic rings. The Morgan fingerprint density at radius 1 is 1.35 bits per heavy atom. The number of hydrogen-bond donors (Lipinski definition) is 1. The van der Waals surface area contributed by atoms with E-state index in [1.807, 2.05) is 11.8 Å². The molecular formula is C13H18N2S2. The molecule has 0 saturated carbocycles. The molecule has 4 heteroatoms. The minimum Gasteiger partial charge on any atom is -0.276 e. The number of nitrogens with one attached hydrogen (secondary N) is 1. The highest BCUT2D eigenvalue weighted by molar-refractivity contribution is 7.99. The van der Waals surface area contributed by atoms with Crippen molar-refractivity contribution < 1.29 is 0 Å². The van der Waals surface area contributed by atoms with Gasteiger partial charge in [-0.15, -0.1) is 23.1 Å². The maximum atomic E-state index is 4.33. The van der Waals surface area contributed by atoms with Crippen LogP contribution in [-0.2, 0) is 0 Å². The van der Waals surface area contributed by atoms with Crippen molar-refractivity contribution in [3.63, 3.8) is 0 Å². The summed E-state index contributed by atoms with van der Waals surface area (Å²) in [6.45, 7) is 2.24. The van der Waals surface area contributed by atoms with Gasteiger partial charge in [-0.3, -0.25) is 5.10 Å². The second kappa shape index (κ2) is 6.87. The van der Waals surface area contributed by atoms with Gasteiger partial charge < -0.3 is 0 Å². The van der Waals surface area contributed by atoms with Crippen molar-refractivity contribution in [3.05, 3.63) is 23.6 Å². The van der Waals surface area contributed by atoms with Crippen molar-refractivity contribution in [2.75, 3.05) is 5.75 Å². The van der Waals surface area contributed by atoms with Crippen molar-refractivity contribution in [2.45, 2.75) is 37.6 Å². The maximum absolute atomic E-state index is 4.33. The Balaban J connectivity index is 1.79. The van der Waals surface area contributed by atoms with Crippen LogP contribution in [-0.4, -0.2) is 16.0 Å². The van der Waals surface area contributed by atoms with E-state index in [4.69, 9.17) is 0 Å². The molecule has 0 unspecified atom stereocenters. The van der Waals surface area contributed by atoms with Gasteiger partial charge in [-0.2, -0.15) is 5.10 Å². The molecule has 17 heavy (non-hydrogen) atoms. The van der Waals surface area contributed by atoms with E-state index in [0.717, 1.165) is 10.7 Å². The van der Waals surface area contributed by atoms with Crippen LogP contribution in [0.2, 0.25) is 0 Å². The highest BCUT2D eigenvalue weighted by atomic mass is 32.2. The van der Waals surface area contributed by atoms with Gasteiger partial charge >= 0.3 is 0 Å². The second-order valence-electron chi connectivity index (χ2n) is 4.01. The molecule has 2 heterocycles. The summed E-state index contributed by atoms with van der Waals surface area (Å²) in [6.07, 6.45) is 5.28. The summed E-state index contributed by atoms with van der Waals surface area (Å²) in [4.78, 5) is 1.26. The van der Waals surface area contributed by atoms with Crippen molar-refractivity contribution in [1.29, 1.82) is 0 Å². The lowest BCUT2D eigenvalue weighted by atomic mass is 10.2. The molecule has 92 valence electrons. The SMILES string of the molecule is CCCCCCSc1cc(-c2cccs2)[nH]n1. The first-order chi connectivity index (χ1) is 8.40. The average molecular weight is 266 g/mol. The fourth-order valence-electron chi connectivity index (χ4n) is 1.64. The lowest BCUT2D eigenvalue weighted by Crippen LogP contribution is -1.81. The standard InChI is InChI=1S/C13H18N2S2/c1-2-3-4-5-8-17-13-10-11(14-15-13)12-7-6-9-16-12/h6-7,9-10H,2-5,8H2,1H3,(H,14,15). The zero-order valence-corrected chi connectivity index (χ0v) is 11.7. The summed E-state index contributed by atoms with van der Waals surface area (Å²) in [7, 11) is 0. The van der Waals surface area contributed by atoms with Crippen LogP contribution in [0.4, 0.5) is 0 Å². The monoisotopic (exact) mass is 266 g/mol. The average Bonchev–Trinajstić information content (AvgIpc) is 2.99. The maximum Gasteiger partial charge on any atom is 0.119 e. The Kier molecular flexibility index (Phi) is 5.13. The molecule has 1 N–H and O–H groups in total. The third-order valence-corrected chi connectivity index (χ3v) is 4.49. The number of H-pyrrole nitrogens is 1. The summed E-state index contributed by atoms with van der Waals surface area (Å²) >= 11 is 3.60. The smallest absolute Gasteiger partial charge is 0.119 e. The fourth-order valence-corrected chi connectivity index (χ4v) is 3.20. The van der Waals surface area contributed by atoms with Crippen molar-refractivity contribution in [2.24, 2.45) is 0 Å². The lowest BCUT2D eigenvalue weighted by molar-refractivity contribution is 0.706. The Labute approximate surface area is 111 Å². The van der Waals surface area contributed by atoms with Crippen LogP contribution in [0.3, 0.4) is 0 Å². The van der Waals surface area contributed by atoms with Gasteiger partial charge in [0.1, 0.15) is 5.03 Å². The van der Waals surface area contributed by atoms with Crippen LogP contribution in [0.25, 0.3) is 10.6 Å². The third kappa shape index (κ3) is 3.89. The van der Waals surface area contributed by atoms with E-state index >= 15 is 0 Å². The van der Waals surface area contributed by atoms with Crippen LogP contribution < -0.4 is 0 Å². The highest BCUT2D eigenvalue weighted by Gasteiger charge is 2.04. The molecule has 2 aromatic heterocycles. The van der Waals surface area contributed by atoms with E-state index in [1.165, 1.54) is 36.3 Å². The van der Waals surface area contributed by atoms with Gasteiger partial charge in [-0.1, -0.05) is 32.3 Å². The predicted molar refractivity (Wildman–Crippen MR) is 76.8 cm³/mol. The number of unbranched alkanes of at least 4 members (excludes halogenated alkanes) is 3. The number of hydrogen-bond acceptors (Lipinski definition) is 3. The van der Waals surface area contributed by atoms with Crippen LogP contribution in [0.1, 0.15) is 32.6 Å². The number of thioether (sulfide) groups is 1. The summed E-state index contributed by atoms with van der Waals surface area (Å²) in [6, 6.07) is 6.34. The Hall–Kier alpha value is -0.740. The van der Waals surface area contributed by atoms with Crippen molar-refractivity contribution in [3.8, 4) is 10.6 Å². The minimum absolute atomic E-state index is 1.12. The summed E-state index contributed by atoms with van der Waals surface area (Å²) in [5, 5.41) is 10.6. The number of aromatic amines is 1. The minimum atomic E-state index is 1.12. The molecule has 0 aliphatic heterocycles. The molecule has 0 atom stereocenters. The van der Waals surface area contributed by atoms with Crippen LogP contribution >= 0.6 is 23.1 Å². The van der Waals surface area contributed by atoms with E-state index in [1.54, 1.807) is 11.3 Å². The van der Waals surface area contributed by atoms with E-state index < -0.39 is 0 Å². The van der Waals surface area contributed by atoms with Crippen molar-refractivity contribution in [1.82, 2.24) is 10.2 Å². The van der Waals surface area contributed by atoms with Gasteiger partial charge in [0.05, 0.1) is 10.6 Å². The molecule has 0 aliphatic carbocycles. The van der Waals surface area contributed by atoms with Crippen molar-refractivity contribution >= 4 is 23.1 Å². The van der Waals surface area contributed by atoms with Gasteiger partial charge in [0, 0.05) is 0 Å². The predicted octanol–water partition coefficient (Wildman–Crippen LogP) is 4.81. The van der Waals surface area contributed by atoms with Gasteiger partial charge in [0.15, 0.2) is 0 Å². The molecule has 0 aliphatic rings. The summed E-state index contributed by atoms with van der Waals surface area (Å²) < 4.78 is 0. The number of thiophene rings is 1. The zero-order chi connectivity index (χ0) is 11.9. The Bertz CT molecular complexity index is 420. The Morgan fingerprint density at radius 3 is 3.06 bits per heavy atom. The first kappa shape index (κ1) is 12.7. The molecule has 0 fully saturated rings.